The normalized spacial score (nSPS) is 10.6. The zero-order valence-electron chi connectivity index (χ0n) is 22.5. The third-order valence-electron chi connectivity index (χ3n) is 5.48. The molecular weight excluding hydrogens is 575 g/mol. The molecule has 3 N–H and O–H groups in total. The van der Waals surface area contributed by atoms with Crippen LogP contribution in [0.5, 0.6) is 23.0 Å². The molecule has 0 spiro atoms. The Kier molecular flexibility index (Phi) is 11.6. The second-order valence-corrected chi connectivity index (χ2v) is 9.11. The lowest BCUT2D eigenvalue weighted by Gasteiger charge is -2.12. The fraction of sp³-hybridized carbons (Fsp3) is 0.214. The Hall–Kier alpha value is -4.48. The number of benzene rings is 3. The van der Waals surface area contributed by atoms with Gasteiger partial charge in [-0.05, 0) is 66.1 Å². The lowest BCUT2D eigenvalue weighted by molar-refractivity contribution is -0.139. The molecule has 41 heavy (non-hydrogen) atoms. The Balaban J connectivity index is 1.46. The highest BCUT2D eigenvalue weighted by molar-refractivity contribution is 6.36. The molecule has 0 fully saturated rings. The molecule has 216 valence electrons. The summed E-state index contributed by atoms with van der Waals surface area (Å²) in [5, 5.41) is 9.73. The number of hydrogen-bond donors (Lipinski definition) is 3. The molecule has 0 aliphatic heterocycles. The summed E-state index contributed by atoms with van der Waals surface area (Å²) in [6, 6.07) is 14.9. The number of ether oxygens (including phenoxy) is 4. The summed E-state index contributed by atoms with van der Waals surface area (Å²) < 4.78 is 21.3. The van der Waals surface area contributed by atoms with Crippen LogP contribution in [0.4, 0.5) is 5.69 Å². The van der Waals surface area contributed by atoms with Crippen LogP contribution in [0.25, 0.3) is 0 Å². The van der Waals surface area contributed by atoms with Gasteiger partial charge in [-0.1, -0.05) is 29.3 Å². The number of methoxy groups -OCH3 is 3. The molecule has 0 heterocycles. The number of hydrazone groups is 1. The maximum atomic E-state index is 12.3. The third kappa shape index (κ3) is 9.30. The van der Waals surface area contributed by atoms with Crippen molar-refractivity contribution in [2.75, 3.05) is 39.8 Å². The first kappa shape index (κ1) is 31.1. The lowest BCUT2D eigenvalue weighted by atomic mass is 10.1. The van der Waals surface area contributed by atoms with Crippen molar-refractivity contribution in [1.29, 1.82) is 0 Å². The van der Waals surface area contributed by atoms with Gasteiger partial charge in [-0.25, -0.2) is 5.43 Å². The molecule has 0 aliphatic rings. The second kappa shape index (κ2) is 15.3. The largest absolute Gasteiger partial charge is 0.493 e. The van der Waals surface area contributed by atoms with Crippen LogP contribution in [0, 0.1) is 0 Å². The molecule has 3 amide bonds. The maximum Gasteiger partial charge on any atom is 0.329 e. The van der Waals surface area contributed by atoms with Crippen LogP contribution in [0.2, 0.25) is 10.0 Å². The van der Waals surface area contributed by atoms with Crippen LogP contribution in [0.1, 0.15) is 11.1 Å². The third-order valence-corrected chi connectivity index (χ3v) is 6.03. The maximum absolute atomic E-state index is 12.3. The summed E-state index contributed by atoms with van der Waals surface area (Å²) in [6.07, 6.45) is 1.81. The Morgan fingerprint density at radius 3 is 2.24 bits per heavy atom. The molecule has 3 aromatic rings. The predicted molar refractivity (Wildman–Crippen MR) is 156 cm³/mol. The van der Waals surface area contributed by atoms with E-state index in [0.29, 0.717) is 50.7 Å². The van der Waals surface area contributed by atoms with Crippen molar-refractivity contribution < 1.29 is 33.3 Å². The molecule has 0 aliphatic carbocycles. The van der Waals surface area contributed by atoms with E-state index in [1.54, 1.807) is 49.6 Å². The van der Waals surface area contributed by atoms with E-state index < -0.39 is 17.7 Å². The number of nitrogens with one attached hydrogen (secondary N) is 3. The van der Waals surface area contributed by atoms with Gasteiger partial charge in [0.2, 0.25) is 0 Å². The van der Waals surface area contributed by atoms with Crippen LogP contribution in [-0.2, 0) is 20.8 Å². The molecule has 3 rings (SSSR count). The number of carbonyl (C=O) groups is 3. The minimum absolute atomic E-state index is 0.231. The molecule has 13 heteroatoms. The van der Waals surface area contributed by atoms with Gasteiger partial charge in [-0.2, -0.15) is 5.10 Å². The van der Waals surface area contributed by atoms with Gasteiger partial charge in [0.05, 0.1) is 38.3 Å². The van der Waals surface area contributed by atoms with Crippen molar-refractivity contribution in [1.82, 2.24) is 10.7 Å². The average molecular weight is 603 g/mol. The van der Waals surface area contributed by atoms with Crippen LogP contribution in [-0.4, -0.2) is 58.4 Å². The Morgan fingerprint density at radius 1 is 0.829 bits per heavy atom. The summed E-state index contributed by atoms with van der Waals surface area (Å²) >= 11 is 11.9. The van der Waals surface area contributed by atoms with Gasteiger partial charge >= 0.3 is 11.8 Å². The van der Waals surface area contributed by atoms with Gasteiger partial charge in [0.25, 0.3) is 5.91 Å². The van der Waals surface area contributed by atoms with E-state index in [-0.39, 0.29) is 13.2 Å². The van der Waals surface area contributed by atoms with Crippen molar-refractivity contribution in [2.24, 2.45) is 5.10 Å². The average Bonchev–Trinajstić information content (AvgIpc) is 2.97. The Bertz CT molecular complexity index is 1430. The fourth-order valence-corrected chi connectivity index (χ4v) is 3.91. The molecule has 0 saturated carbocycles. The summed E-state index contributed by atoms with van der Waals surface area (Å²) in [5.41, 5.74) is 4.01. The highest BCUT2D eigenvalue weighted by atomic mass is 35.5. The standard InChI is InChI=1S/C28H28Cl2N4O7/c1-38-22-8-4-17(12-24(22)39-2)10-11-31-27(36)28(37)34-32-15-18-5-9-23(25(13-18)40-3)41-16-26(35)33-21-7-6-19(29)14-20(21)30/h4-9,12-15H,10-11,16H2,1-3H3,(H,31,36)(H,33,35)(H,34,37)/b32-15-. The fourth-order valence-electron chi connectivity index (χ4n) is 3.46. The van der Waals surface area contributed by atoms with Crippen molar-refractivity contribution in [2.45, 2.75) is 6.42 Å². The monoisotopic (exact) mass is 602 g/mol. The highest BCUT2D eigenvalue weighted by Gasteiger charge is 2.13. The van der Waals surface area contributed by atoms with E-state index in [2.05, 4.69) is 21.2 Å². The molecule has 0 bridgehead atoms. The van der Waals surface area contributed by atoms with Crippen molar-refractivity contribution in [3.05, 3.63) is 75.8 Å². The summed E-state index contributed by atoms with van der Waals surface area (Å²) in [5.74, 6) is -0.392. The van der Waals surface area contributed by atoms with E-state index in [1.165, 1.54) is 26.5 Å². The molecule has 0 aromatic heterocycles. The second-order valence-electron chi connectivity index (χ2n) is 8.27. The number of halogens is 2. The van der Waals surface area contributed by atoms with E-state index in [9.17, 15) is 14.4 Å². The quantitative estimate of drug-likeness (QED) is 0.163. The molecule has 0 atom stereocenters. The highest BCUT2D eigenvalue weighted by Crippen LogP contribution is 2.29. The number of nitrogens with zero attached hydrogens (tertiary/aromatic N) is 1. The summed E-state index contributed by atoms with van der Waals surface area (Å²) in [7, 11) is 4.52. The minimum Gasteiger partial charge on any atom is -0.493 e. The van der Waals surface area contributed by atoms with E-state index >= 15 is 0 Å². The molecule has 0 saturated heterocycles. The van der Waals surface area contributed by atoms with Gasteiger partial charge in [0.1, 0.15) is 0 Å². The van der Waals surface area contributed by atoms with Gasteiger partial charge in [-0.3, -0.25) is 14.4 Å². The number of anilines is 1. The molecule has 11 nitrogen and oxygen atoms in total. The first-order valence-electron chi connectivity index (χ1n) is 12.1. The van der Waals surface area contributed by atoms with Gasteiger partial charge < -0.3 is 29.6 Å². The number of amides is 3. The number of hydrogen-bond acceptors (Lipinski definition) is 8. The van der Waals surface area contributed by atoms with E-state index in [0.717, 1.165) is 5.56 Å². The van der Waals surface area contributed by atoms with Crippen LogP contribution >= 0.6 is 23.2 Å². The van der Waals surface area contributed by atoms with Gasteiger partial charge in [-0.15, -0.1) is 0 Å². The van der Waals surface area contributed by atoms with Gasteiger partial charge in [0, 0.05) is 11.6 Å². The SMILES string of the molecule is COc1ccc(CCNC(=O)C(=O)N/N=C\c2ccc(OCC(=O)Nc3ccc(Cl)cc3Cl)c(OC)c2)cc1OC. The Labute approximate surface area is 246 Å². The van der Waals surface area contributed by atoms with Crippen LogP contribution < -0.4 is 35.0 Å². The smallest absolute Gasteiger partial charge is 0.329 e. The molecule has 3 aromatic carbocycles. The minimum atomic E-state index is -0.924. The van der Waals surface area contributed by atoms with Crippen molar-refractivity contribution >= 4 is 52.8 Å². The molecular formula is C28H28Cl2N4O7. The van der Waals surface area contributed by atoms with Crippen LogP contribution in [0.3, 0.4) is 0 Å². The van der Waals surface area contributed by atoms with E-state index in [1.807, 2.05) is 6.07 Å². The number of rotatable bonds is 12. The predicted octanol–water partition coefficient (Wildman–Crippen LogP) is 3.85. The molecule has 0 radical (unpaired) electrons. The lowest BCUT2D eigenvalue weighted by Crippen LogP contribution is -2.38. The van der Waals surface area contributed by atoms with E-state index in [4.69, 9.17) is 42.1 Å². The van der Waals surface area contributed by atoms with Crippen LogP contribution in [0.15, 0.2) is 59.7 Å². The topological polar surface area (TPSA) is 137 Å². The zero-order valence-corrected chi connectivity index (χ0v) is 24.0. The Morgan fingerprint density at radius 2 is 1.54 bits per heavy atom. The number of carbonyl (C=O) groups excluding carboxylic acids is 3. The first-order chi connectivity index (χ1) is 19.7. The van der Waals surface area contributed by atoms with Gasteiger partial charge in [0.15, 0.2) is 29.6 Å². The van der Waals surface area contributed by atoms with Crippen molar-refractivity contribution in [3.63, 3.8) is 0 Å². The van der Waals surface area contributed by atoms with Crippen molar-refractivity contribution in [3.8, 4) is 23.0 Å². The zero-order chi connectivity index (χ0) is 29.8. The summed E-state index contributed by atoms with van der Waals surface area (Å²) in [6.45, 7) is -0.0746. The molecule has 0 unspecified atom stereocenters. The first-order valence-corrected chi connectivity index (χ1v) is 12.9. The summed E-state index contributed by atoms with van der Waals surface area (Å²) in [4.78, 5) is 36.4.